The zero-order chi connectivity index (χ0) is 25.6. The maximum absolute atomic E-state index is 13.2. The van der Waals surface area contributed by atoms with Gasteiger partial charge in [-0.15, -0.1) is 0 Å². The van der Waals surface area contributed by atoms with E-state index in [1.54, 1.807) is 20.8 Å². The Balaban J connectivity index is 1.82. The van der Waals surface area contributed by atoms with Gasteiger partial charge in [-0.05, 0) is 43.0 Å². The summed E-state index contributed by atoms with van der Waals surface area (Å²) in [6.45, 7) is 4.72. The van der Waals surface area contributed by atoms with Crippen LogP contribution in [0, 0.1) is 0 Å². The van der Waals surface area contributed by atoms with Gasteiger partial charge in [0.25, 0.3) is 0 Å². The van der Waals surface area contributed by atoms with E-state index in [2.05, 4.69) is 0 Å². The number of primary amides is 1. The lowest BCUT2D eigenvalue weighted by Gasteiger charge is -2.30. The van der Waals surface area contributed by atoms with Crippen LogP contribution in [-0.4, -0.2) is 66.2 Å². The first kappa shape index (κ1) is 26.2. The molecule has 0 bridgehead atoms. The molecule has 1 aliphatic carbocycles. The summed E-state index contributed by atoms with van der Waals surface area (Å²) in [4.78, 5) is 39.0. The maximum Gasteiger partial charge on any atom is 0.420 e. The van der Waals surface area contributed by atoms with E-state index in [1.807, 2.05) is 48.5 Å². The molecule has 188 valence electrons. The van der Waals surface area contributed by atoms with Crippen molar-refractivity contribution in [2.24, 2.45) is 5.73 Å². The number of imide groups is 1. The van der Waals surface area contributed by atoms with Gasteiger partial charge in [0.05, 0.1) is 13.2 Å². The van der Waals surface area contributed by atoms with Crippen LogP contribution in [0.5, 0.6) is 0 Å². The number of carbonyl (C=O) groups excluding carboxylic acids is 3. The summed E-state index contributed by atoms with van der Waals surface area (Å²) < 4.78 is 16.2. The van der Waals surface area contributed by atoms with Crippen LogP contribution in [0.3, 0.4) is 0 Å². The third kappa shape index (κ3) is 6.37. The molecule has 3 rings (SSSR count). The van der Waals surface area contributed by atoms with E-state index in [1.165, 1.54) is 0 Å². The molecule has 0 fully saturated rings. The van der Waals surface area contributed by atoms with Crippen molar-refractivity contribution in [1.82, 2.24) is 4.90 Å². The number of amides is 3. The van der Waals surface area contributed by atoms with Gasteiger partial charge in [-0.2, -0.15) is 4.90 Å². The van der Waals surface area contributed by atoms with Crippen LogP contribution in [0.2, 0.25) is 0 Å². The summed E-state index contributed by atoms with van der Waals surface area (Å²) in [6.07, 6.45) is -2.15. The van der Waals surface area contributed by atoms with Crippen molar-refractivity contribution in [3.8, 4) is 11.1 Å². The quantitative estimate of drug-likeness (QED) is 0.522. The van der Waals surface area contributed by atoms with Crippen molar-refractivity contribution >= 4 is 18.1 Å². The van der Waals surface area contributed by atoms with E-state index in [0.29, 0.717) is 4.90 Å². The lowest BCUT2D eigenvalue weighted by molar-refractivity contribution is -0.123. The number of rotatable bonds is 9. The summed E-state index contributed by atoms with van der Waals surface area (Å²) in [5.41, 5.74) is 8.75. The first-order valence-corrected chi connectivity index (χ1v) is 11.5. The number of hydrogen-bond donors (Lipinski definition) is 2. The van der Waals surface area contributed by atoms with Crippen molar-refractivity contribution < 1.29 is 33.7 Å². The first-order chi connectivity index (χ1) is 16.6. The Morgan fingerprint density at radius 1 is 0.971 bits per heavy atom. The van der Waals surface area contributed by atoms with Crippen LogP contribution in [-0.2, 0) is 19.0 Å². The second-order valence-corrected chi connectivity index (χ2v) is 9.20. The highest BCUT2D eigenvalue weighted by Crippen LogP contribution is 2.44. The summed E-state index contributed by atoms with van der Waals surface area (Å²) in [5.74, 6) is -1.14. The van der Waals surface area contributed by atoms with Gasteiger partial charge in [0.1, 0.15) is 18.2 Å². The minimum Gasteiger partial charge on any atom is -0.448 e. The highest BCUT2D eigenvalue weighted by Gasteiger charge is 2.39. The van der Waals surface area contributed by atoms with E-state index in [-0.39, 0.29) is 38.8 Å². The standard InChI is InChI=1S/C26H32N2O7/c1-26(2,3)35-25(32)28(22(23(27)30)12-14-33-15-13-29)24(31)34-16-21-19-10-6-4-8-17(19)18-9-5-7-11-20(18)21/h4-11,21-22,29H,12-16H2,1-3H3,(H2,27,30). The molecule has 0 spiro atoms. The molecule has 0 radical (unpaired) electrons. The molecule has 35 heavy (non-hydrogen) atoms. The number of aliphatic hydroxyl groups is 1. The molecule has 3 N–H and O–H groups in total. The van der Waals surface area contributed by atoms with E-state index >= 15 is 0 Å². The average molecular weight is 485 g/mol. The van der Waals surface area contributed by atoms with Crippen molar-refractivity contribution in [1.29, 1.82) is 0 Å². The van der Waals surface area contributed by atoms with Crippen molar-refractivity contribution in [3.05, 3.63) is 59.7 Å². The number of ether oxygens (including phenoxy) is 3. The summed E-state index contributed by atoms with van der Waals surface area (Å²) in [7, 11) is 0. The van der Waals surface area contributed by atoms with Crippen LogP contribution in [0.1, 0.15) is 44.2 Å². The minimum absolute atomic E-state index is 0.00980. The number of nitrogens with two attached hydrogens (primary N) is 1. The molecule has 9 nitrogen and oxygen atoms in total. The molecule has 2 aromatic rings. The molecule has 0 aliphatic heterocycles. The molecule has 9 heteroatoms. The van der Waals surface area contributed by atoms with Crippen LogP contribution in [0.15, 0.2) is 48.5 Å². The molecule has 3 amide bonds. The molecule has 0 heterocycles. The Morgan fingerprint density at radius 2 is 1.54 bits per heavy atom. The van der Waals surface area contributed by atoms with Crippen molar-refractivity contribution in [3.63, 3.8) is 0 Å². The van der Waals surface area contributed by atoms with Gasteiger partial charge in [-0.1, -0.05) is 48.5 Å². The van der Waals surface area contributed by atoms with Crippen molar-refractivity contribution in [2.45, 2.75) is 44.8 Å². The molecule has 1 atom stereocenters. The Bertz CT molecular complexity index is 1020. The van der Waals surface area contributed by atoms with Crippen LogP contribution < -0.4 is 5.73 Å². The summed E-state index contributed by atoms with van der Waals surface area (Å²) in [5, 5.41) is 8.89. The smallest absolute Gasteiger partial charge is 0.420 e. The van der Waals surface area contributed by atoms with Gasteiger partial charge in [0.15, 0.2) is 0 Å². The largest absolute Gasteiger partial charge is 0.448 e. The van der Waals surface area contributed by atoms with Gasteiger partial charge in [-0.25, -0.2) is 9.59 Å². The van der Waals surface area contributed by atoms with Crippen LogP contribution in [0.4, 0.5) is 9.59 Å². The normalized spacial score (nSPS) is 13.5. The predicted octanol–water partition coefficient (Wildman–Crippen LogP) is 3.43. The lowest BCUT2D eigenvalue weighted by atomic mass is 9.98. The van der Waals surface area contributed by atoms with E-state index in [0.717, 1.165) is 22.3 Å². The maximum atomic E-state index is 13.2. The van der Waals surface area contributed by atoms with E-state index in [9.17, 15) is 14.4 Å². The zero-order valence-corrected chi connectivity index (χ0v) is 20.2. The average Bonchev–Trinajstić information content (AvgIpc) is 3.12. The van der Waals surface area contributed by atoms with E-state index < -0.39 is 29.7 Å². The Labute approximate surface area is 204 Å². The topological polar surface area (TPSA) is 128 Å². The van der Waals surface area contributed by atoms with E-state index in [4.69, 9.17) is 25.1 Å². The minimum atomic E-state index is -1.35. The first-order valence-electron chi connectivity index (χ1n) is 11.5. The summed E-state index contributed by atoms with van der Waals surface area (Å²) >= 11 is 0. The number of fused-ring (bicyclic) bond motifs is 3. The van der Waals surface area contributed by atoms with Gasteiger partial charge in [-0.3, -0.25) is 4.79 Å². The molecule has 1 aliphatic rings. The monoisotopic (exact) mass is 484 g/mol. The molecule has 0 aromatic heterocycles. The second-order valence-electron chi connectivity index (χ2n) is 9.20. The molecule has 2 aromatic carbocycles. The Kier molecular flexibility index (Phi) is 8.48. The molecular weight excluding hydrogens is 452 g/mol. The number of nitrogens with zero attached hydrogens (tertiary/aromatic N) is 1. The molecular formula is C26H32N2O7. The third-order valence-electron chi connectivity index (χ3n) is 5.53. The van der Waals surface area contributed by atoms with Gasteiger partial charge in [0, 0.05) is 18.9 Å². The summed E-state index contributed by atoms with van der Waals surface area (Å²) in [6, 6.07) is 14.4. The fourth-order valence-electron chi connectivity index (χ4n) is 4.06. The SMILES string of the molecule is CC(C)(C)OC(=O)N(C(=O)OCC1c2ccccc2-c2ccccc21)C(CCOCCO)C(N)=O. The Morgan fingerprint density at radius 3 is 2.06 bits per heavy atom. The van der Waals surface area contributed by atoms with Gasteiger partial charge >= 0.3 is 12.2 Å². The third-order valence-corrected chi connectivity index (χ3v) is 5.53. The highest BCUT2D eigenvalue weighted by molar-refractivity contribution is 5.95. The number of benzene rings is 2. The van der Waals surface area contributed by atoms with Gasteiger partial charge in [0.2, 0.25) is 5.91 Å². The highest BCUT2D eigenvalue weighted by atomic mass is 16.6. The fourth-order valence-corrected chi connectivity index (χ4v) is 4.06. The number of aliphatic hydroxyl groups excluding tert-OH is 1. The second kappa shape index (κ2) is 11.3. The zero-order valence-electron chi connectivity index (χ0n) is 20.2. The molecule has 1 unspecified atom stereocenters. The lowest BCUT2D eigenvalue weighted by Crippen LogP contribution is -2.53. The number of carbonyl (C=O) groups is 3. The van der Waals surface area contributed by atoms with Crippen LogP contribution >= 0.6 is 0 Å². The fraction of sp³-hybridized carbons (Fsp3) is 0.423. The predicted molar refractivity (Wildman–Crippen MR) is 129 cm³/mol. The van der Waals surface area contributed by atoms with Gasteiger partial charge < -0.3 is 25.1 Å². The molecule has 0 saturated heterocycles. The Hall–Kier alpha value is -3.43. The van der Waals surface area contributed by atoms with Crippen molar-refractivity contribution in [2.75, 3.05) is 26.4 Å². The number of hydrogen-bond acceptors (Lipinski definition) is 7. The molecule has 0 saturated carbocycles. The van der Waals surface area contributed by atoms with Crippen LogP contribution in [0.25, 0.3) is 11.1 Å².